The van der Waals surface area contributed by atoms with Crippen molar-refractivity contribution in [2.24, 2.45) is 5.11 Å². The number of aliphatic hydroxyl groups excluding tert-OH is 1. The van der Waals surface area contributed by atoms with E-state index in [4.69, 9.17) is 15.0 Å². The second kappa shape index (κ2) is 8.84. The van der Waals surface area contributed by atoms with E-state index in [2.05, 4.69) is 30.3 Å². The summed E-state index contributed by atoms with van der Waals surface area (Å²) < 4.78 is 13.0. The molecule has 30 heavy (non-hydrogen) atoms. The van der Waals surface area contributed by atoms with Crippen LogP contribution in [0.3, 0.4) is 0 Å². The van der Waals surface area contributed by atoms with Crippen molar-refractivity contribution >= 4 is 22.9 Å². The maximum Gasteiger partial charge on any atom is 0.256 e. The first-order chi connectivity index (χ1) is 14.7. The Labute approximate surface area is 170 Å². The summed E-state index contributed by atoms with van der Waals surface area (Å²) in [5, 5.41) is 15.7. The van der Waals surface area contributed by atoms with Crippen molar-refractivity contribution in [1.29, 1.82) is 0 Å². The zero-order valence-corrected chi connectivity index (χ0v) is 15.7. The predicted octanol–water partition coefficient (Wildman–Crippen LogP) is 2.01. The number of hydrogen-bond acceptors (Lipinski definition) is 8. The molecule has 2 N–H and O–H groups in total. The number of carbonyl (C=O) groups excluding carboxylic acids is 1. The number of ether oxygens (including phenoxy) is 2. The first-order valence-electron chi connectivity index (χ1n) is 9.14. The molecule has 12 heteroatoms. The zero-order chi connectivity index (χ0) is 20.9. The highest BCUT2D eigenvalue weighted by Crippen LogP contribution is 2.33. The van der Waals surface area contributed by atoms with Gasteiger partial charge in [0, 0.05) is 16.9 Å². The third kappa shape index (κ3) is 3.93. The van der Waals surface area contributed by atoms with E-state index in [1.165, 1.54) is 12.7 Å². The molecule has 2 aromatic heterocycles. The van der Waals surface area contributed by atoms with Gasteiger partial charge < -0.3 is 19.9 Å². The Morgan fingerprint density at radius 1 is 1.37 bits per heavy atom. The predicted molar refractivity (Wildman–Crippen MR) is 104 cm³/mol. The van der Waals surface area contributed by atoms with E-state index in [0.29, 0.717) is 23.1 Å². The standard InChI is InChI=1S/C18H18N8O4/c19-25-23-10-29-12-6-14(30-13(12)7-27)26-9-22-15-16(20-8-21-17(15)26)24-18(28)11-4-2-1-3-5-11/h1-5,8-9,12-14,27H,6-7,10H2,(H,20,21,24,28)/t12-,13+,14+/m0/s1. The molecule has 0 unspecified atom stereocenters. The van der Waals surface area contributed by atoms with Gasteiger partial charge in [-0.15, -0.1) is 0 Å². The number of azide groups is 1. The summed E-state index contributed by atoms with van der Waals surface area (Å²) in [5.41, 5.74) is 9.75. The van der Waals surface area contributed by atoms with Crippen LogP contribution in [-0.4, -0.2) is 56.1 Å². The topological polar surface area (TPSA) is 160 Å². The van der Waals surface area contributed by atoms with Crippen molar-refractivity contribution in [3.8, 4) is 0 Å². The van der Waals surface area contributed by atoms with Gasteiger partial charge in [-0.1, -0.05) is 23.3 Å². The van der Waals surface area contributed by atoms with E-state index in [9.17, 15) is 9.90 Å². The minimum absolute atomic E-state index is 0.156. The van der Waals surface area contributed by atoms with Crippen LogP contribution in [-0.2, 0) is 9.47 Å². The van der Waals surface area contributed by atoms with Gasteiger partial charge in [0.1, 0.15) is 25.4 Å². The average Bonchev–Trinajstić information content (AvgIpc) is 3.39. The monoisotopic (exact) mass is 410 g/mol. The summed E-state index contributed by atoms with van der Waals surface area (Å²) in [6.45, 7) is -0.409. The first kappa shape index (κ1) is 19.7. The molecule has 0 aliphatic carbocycles. The molecule has 3 aromatic rings. The number of aromatic nitrogens is 4. The third-order valence-corrected chi connectivity index (χ3v) is 4.71. The second-order valence-electron chi connectivity index (χ2n) is 6.48. The number of imidazole rings is 1. The molecule has 1 saturated heterocycles. The number of nitrogens with one attached hydrogen (secondary N) is 1. The number of rotatable bonds is 7. The molecule has 0 bridgehead atoms. The van der Waals surface area contributed by atoms with Crippen LogP contribution in [0.15, 0.2) is 48.1 Å². The highest BCUT2D eigenvalue weighted by Gasteiger charge is 2.37. The van der Waals surface area contributed by atoms with E-state index in [-0.39, 0.29) is 25.1 Å². The van der Waals surface area contributed by atoms with Gasteiger partial charge in [-0.05, 0) is 17.7 Å². The zero-order valence-electron chi connectivity index (χ0n) is 15.7. The third-order valence-electron chi connectivity index (χ3n) is 4.71. The number of nitrogens with zero attached hydrogens (tertiary/aromatic N) is 7. The molecule has 3 atom stereocenters. The van der Waals surface area contributed by atoms with Crippen LogP contribution < -0.4 is 5.32 Å². The number of carbonyl (C=O) groups is 1. The van der Waals surface area contributed by atoms with E-state index >= 15 is 0 Å². The molecule has 12 nitrogen and oxygen atoms in total. The van der Waals surface area contributed by atoms with Gasteiger partial charge >= 0.3 is 0 Å². The van der Waals surface area contributed by atoms with Crippen LogP contribution in [0, 0.1) is 0 Å². The molecule has 4 rings (SSSR count). The molecule has 1 fully saturated rings. The van der Waals surface area contributed by atoms with Crippen molar-refractivity contribution in [2.45, 2.75) is 24.9 Å². The number of fused-ring (bicyclic) bond motifs is 1. The average molecular weight is 410 g/mol. The van der Waals surface area contributed by atoms with Crippen LogP contribution in [0.2, 0.25) is 0 Å². The van der Waals surface area contributed by atoms with Crippen molar-refractivity contribution in [3.05, 3.63) is 59.0 Å². The maximum atomic E-state index is 12.5. The van der Waals surface area contributed by atoms with E-state index in [0.717, 1.165) is 0 Å². The van der Waals surface area contributed by atoms with Crippen molar-refractivity contribution in [2.75, 3.05) is 18.7 Å². The lowest BCUT2D eigenvalue weighted by molar-refractivity contribution is -0.0594. The number of hydrogen-bond donors (Lipinski definition) is 2. The van der Waals surface area contributed by atoms with Crippen molar-refractivity contribution in [1.82, 2.24) is 19.5 Å². The summed E-state index contributed by atoms with van der Waals surface area (Å²) in [6.07, 6.45) is 1.72. The van der Waals surface area contributed by atoms with Crippen molar-refractivity contribution in [3.63, 3.8) is 0 Å². The Kier molecular flexibility index (Phi) is 5.82. The van der Waals surface area contributed by atoms with Gasteiger partial charge in [0.05, 0.1) is 19.0 Å². The van der Waals surface area contributed by atoms with Gasteiger partial charge in [0.25, 0.3) is 5.91 Å². The van der Waals surface area contributed by atoms with Crippen molar-refractivity contribution < 1.29 is 19.4 Å². The quantitative estimate of drug-likeness (QED) is 0.342. The number of benzene rings is 1. The minimum atomic E-state index is -0.583. The van der Waals surface area contributed by atoms with Crippen LogP contribution >= 0.6 is 0 Å². The molecular formula is C18H18N8O4. The first-order valence-corrected chi connectivity index (χ1v) is 9.14. The molecule has 0 saturated carbocycles. The Hall–Kier alpha value is -3.57. The largest absolute Gasteiger partial charge is 0.394 e. The highest BCUT2D eigenvalue weighted by atomic mass is 16.6. The maximum absolute atomic E-state index is 12.5. The van der Waals surface area contributed by atoms with Gasteiger partial charge in [-0.25, -0.2) is 15.0 Å². The molecule has 3 heterocycles. The molecular weight excluding hydrogens is 392 g/mol. The number of amides is 1. The summed E-state index contributed by atoms with van der Waals surface area (Å²) >= 11 is 0. The van der Waals surface area contributed by atoms with Crippen LogP contribution in [0.1, 0.15) is 23.0 Å². The smallest absolute Gasteiger partial charge is 0.256 e. The lowest BCUT2D eigenvalue weighted by Gasteiger charge is -2.15. The molecule has 0 spiro atoms. The van der Waals surface area contributed by atoms with Crippen LogP contribution in [0.4, 0.5) is 5.82 Å². The van der Waals surface area contributed by atoms with Gasteiger partial charge in [0.15, 0.2) is 17.0 Å². The minimum Gasteiger partial charge on any atom is -0.394 e. The summed E-state index contributed by atoms with van der Waals surface area (Å²) in [4.78, 5) is 27.8. The number of anilines is 1. The summed E-state index contributed by atoms with van der Waals surface area (Å²) in [7, 11) is 0. The van der Waals surface area contributed by atoms with E-state index in [1.54, 1.807) is 28.8 Å². The fourth-order valence-corrected chi connectivity index (χ4v) is 3.29. The molecule has 154 valence electrons. The molecule has 0 radical (unpaired) electrons. The van der Waals surface area contributed by atoms with Gasteiger partial charge in [-0.2, -0.15) is 0 Å². The molecule has 1 aromatic carbocycles. The van der Waals surface area contributed by atoms with Gasteiger partial charge in [0.2, 0.25) is 0 Å². The lowest BCUT2D eigenvalue weighted by atomic mass is 10.2. The van der Waals surface area contributed by atoms with Crippen LogP contribution in [0.25, 0.3) is 21.6 Å². The fourth-order valence-electron chi connectivity index (χ4n) is 3.29. The second-order valence-corrected chi connectivity index (χ2v) is 6.48. The Bertz CT molecular complexity index is 1080. The highest BCUT2D eigenvalue weighted by molar-refractivity contribution is 6.06. The lowest BCUT2D eigenvalue weighted by Crippen LogP contribution is -2.27. The van der Waals surface area contributed by atoms with E-state index in [1.807, 2.05) is 6.07 Å². The Morgan fingerprint density at radius 3 is 2.97 bits per heavy atom. The normalized spacial score (nSPS) is 20.8. The van der Waals surface area contributed by atoms with Crippen LogP contribution in [0.5, 0.6) is 0 Å². The van der Waals surface area contributed by atoms with Gasteiger partial charge in [-0.3, -0.25) is 9.36 Å². The molecule has 1 aliphatic heterocycles. The fraction of sp³-hybridized carbons (Fsp3) is 0.333. The SMILES string of the molecule is [N-]=[N+]=NCO[C@H]1C[C@H](n2cnc3c(NC(=O)c4ccccc4)ncnc32)O[C@@H]1CO. The van der Waals surface area contributed by atoms with E-state index < -0.39 is 18.4 Å². The summed E-state index contributed by atoms with van der Waals surface area (Å²) in [5.74, 6) is -0.0328. The summed E-state index contributed by atoms with van der Waals surface area (Å²) in [6, 6.07) is 8.77. The number of aliphatic hydroxyl groups is 1. The Balaban J connectivity index is 1.56. The molecule has 1 aliphatic rings. The molecule has 1 amide bonds. The Morgan fingerprint density at radius 2 is 2.20 bits per heavy atom.